The Morgan fingerprint density at radius 2 is 1.73 bits per heavy atom. The van der Waals surface area contributed by atoms with Crippen LogP contribution in [0.3, 0.4) is 0 Å². The van der Waals surface area contributed by atoms with Crippen molar-refractivity contribution in [2.75, 3.05) is 6.54 Å². The standard InChI is InChI=1S/C18H25NO3/c20-17(21)9-4-2-1-3-5-12-19-18(22)16-11-10-14-7-6-8-15(14)13-16/h10-11,13H,1-9,12H2,(H,19,22)(H,20,21). The molecule has 0 unspecified atom stereocenters. The molecule has 4 nitrogen and oxygen atoms in total. The number of carbonyl (C=O) groups excluding carboxylic acids is 1. The van der Waals surface area contributed by atoms with Crippen molar-refractivity contribution < 1.29 is 14.7 Å². The van der Waals surface area contributed by atoms with Crippen LogP contribution < -0.4 is 5.32 Å². The highest BCUT2D eigenvalue weighted by Gasteiger charge is 2.13. The van der Waals surface area contributed by atoms with E-state index in [1.165, 1.54) is 17.5 Å². The maximum Gasteiger partial charge on any atom is 0.303 e. The summed E-state index contributed by atoms with van der Waals surface area (Å²) >= 11 is 0. The van der Waals surface area contributed by atoms with Crippen molar-refractivity contribution in [1.29, 1.82) is 0 Å². The van der Waals surface area contributed by atoms with Crippen molar-refractivity contribution >= 4 is 11.9 Å². The van der Waals surface area contributed by atoms with Crippen molar-refractivity contribution in [3.05, 3.63) is 34.9 Å². The first-order chi connectivity index (χ1) is 10.7. The van der Waals surface area contributed by atoms with Gasteiger partial charge in [0.05, 0.1) is 0 Å². The smallest absolute Gasteiger partial charge is 0.303 e. The normalized spacial score (nSPS) is 12.9. The third kappa shape index (κ3) is 5.17. The van der Waals surface area contributed by atoms with E-state index in [9.17, 15) is 9.59 Å². The van der Waals surface area contributed by atoms with Gasteiger partial charge in [-0.25, -0.2) is 0 Å². The van der Waals surface area contributed by atoms with Crippen LogP contribution in [0.5, 0.6) is 0 Å². The molecule has 1 amide bonds. The minimum absolute atomic E-state index is 0.0144. The molecule has 0 saturated heterocycles. The SMILES string of the molecule is O=C(O)CCCCCCCNC(=O)c1ccc2c(c1)CCC2. The molecule has 1 aliphatic carbocycles. The molecular weight excluding hydrogens is 278 g/mol. The second kappa shape index (κ2) is 8.57. The number of unbranched alkanes of at least 4 members (excludes halogenated alkanes) is 4. The van der Waals surface area contributed by atoms with Gasteiger partial charge in [0.15, 0.2) is 0 Å². The summed E-state index contributed by atoms with van der Waals surface area (Å²) in [6, 6.07) is 6.04. The van der Waals surface area contributed by atoms with Gasteiger partial charge in [-0.2, -0.15) is 0 Å². The fraction of sp³-hybridized carbons (Fsp3) is 0.556. The zero-order valence-electron chi connectivity index (χ0n) is 13.1. The highest BCUT2D eigenvalue weighted by Crippen LogP contribution is 2.22. The van der Waals surface area contributed by atoms with Gasteiger partial charge < -0.3 is 10.4 Å². The molecule has 2 N–H and O–H groups in total. The molecule has 0 atom stereocenters. The molecule has 0 spiro atoms. The van der Waals surface area contributed by atoms with E-state index in [0.29, 0.717) is 6.54 Å². The first kappa shape index (κ1) is 16.5. The van der Waals surface area contributed by atoms with Crippen molar-refractivity contribution in [3.8, 4) is 0 Å². The largest absolute Gasteiger partial charge is 0.481 e. The summed E-state index contributed by atoms with van der Waals surface area (Å²) in [4.78, 5) is 22.4. The fourth-order valence-corrected chi connectivity index (χ4v) is 2.95. The molecule has 2 rings (SSSR count). The number of nitrogens with one attached hydrogen (secondary N) is 1. The molecule has 4 heteroatoms. The lowest BCUT2D eigenvalue weighted by Gasteiger charge is -2.07. The zero-order chi connectivity index (χ0) is 15.8. The Morgan fingerprint density at radius 1 is 1.00 bits per heavy atom. The number of carbonyl (C=O) groups is 2. The van der Waals surface area contributed by atoms with Gasteiger partial charge in [-0.15, -0.1) is 0 Å². The molecular formula is C18H25NO3. The van der Waals surface area contributed by atoms with E-state index < -0.39 is 5.97 Å². The Kier molecular flexibility index (Phi) is 6.44. The number of rotatable bonds is 9. The molecule has 22 heavy (non-hydrogen) atoms. The summed E-state index contributed by atoms with van der Waals surface area (Å²) in [5, 5.41) is 11.5. The van der Waals surface area contributed by atoms with Crippen LogP contribution in [-0.2, 0) is 17.6 Å². The Labute approximate surface area is 131 Å². The average molecular weight is 303 g/mol. The summed E-state index contributed by atoms with van der Waals surface area (Å²) in [6.45, 7) is 0.689. The van der Waals surface area contributed by atoms with E-state index >= 15 is 0 Å². The van der Waals surface area contributed by atoms with E-state index in [1.807, 2.05) is 12.1 Å². The van der Waals surface area contributed by atoms with Crippen molar-refractivity contribution in [3.63, 3.8) is 0 Å². The molecule has 1 aliphatic rings. The molecule has 0 aliphatic heterocycles. The predicted molar refractivity (Wildman–Crippen MR) is 86.1 cm³/mol. The van der Waals surface area contributed by atoms with Crippen LogP contribution in [0.25, 0.3) is 0 Å². The van der Waals surface area contributed by atoms with Crippen LogP contribution in [0.1, 0.15) is 66.4 Å². The number of hydrogen-bond donors (Lipinski definition) is 2. The molecule has 0 heterocycles. The first-order valence-corrected chi connectivity index (χ1v) is 8.28. The molecule has 120 valence electrons. The molecule has 0 radical (unpaired) electrons. The van der Waals surface area contributed by atoms with Gasteiger partial charge in [0.1, 0.15) is 0 Å². The topological polar surface area (TPSA) is 66.4 Å². The number of carboxylic acids is 1. The molecule has 0 saturated carbocycles. The van der Waals surface area contributed by atoms with E-state index in [4.69, 9.17) is 5.11 Å². The maximum absolute atomic E-state index is 12.1. The van der Waals surface area contributed by atoms with Crippen LogP contribution >= 0.6 is 0 Å². The molecule has 0 fully saturated rings. The molecule has 1 aromatic carbocycles. The molecule has 0 aromatic heterocycles. The quantitative estimate of drug-likeness (QED) is 0.688. The minimum atomic E-state index is -0.721. The third-order valence-electron chi connectivity index (χ3n) is 4.21. The maximum atomic E-state index is 12.1. The van der Waals surface area contributed by atoms with Gasteiger partial charge in [0.25, 0.3) is 5.91 Å². The number of benzene rings is 1. The molecule has 0 bridgehead atoms. The zero-order valence-corrected chi connectivity index (χ0v) is 13.1. The highest BCUT2D eigenvalue weighted by molar-refractivity contribution is 5.94. The Bertz CT molecular complexity index is 525. The second-order valence-corrected chi connectivity index (χ2v) is 6.00. The van der Waals surface area contributed by atoms with E-state index in [1.54, 1.807) is 0 Å². The van der Waals surface area contributed by atoms with Crippen LogP contribution in [0.4, 0.5) is 0 Å². The number of amides is 1. The van der Waals surface area contributed by atoms with Crippen LogP contribution in [0, 0.1) is 0 Å². The second-order valence-electron chi connectivity index (χ2n) is 6.00. The van der Waals surface area contributed by atoms with Crippen LogP contribution in [0.2, 0.25) is 0 Å². The number of fused-ring (bicyclic) bond motifs is 1. The van der Waals surface area contributed by atoms with Gasteiger partial charge in [0.2, 0.25) is 0 Å². The summed E-state index contributed by atoms with van der Waals surface area (Å²) < 4.78 is 0. The van der Waals surface area contributed by atoms with E-state index in [0.717, 1.165) is 50.5 Å². The number of aryl methyl sites for hydroxylation is 2. The minimum Gasteiger partial charge on any atom is -0.481 e. The fourth-order valence-electron chi connectivity index (χ4n) is 2.95. The Balaban J connectivity index is 1.59. The lowest BCUT2D eigenvalue weighted by Crippen LogP contribution is -2.24. The van der Waals surface area contributed by atoms with Crippen molar-refractivity contribution in [1.82, 2.24) is 5.32 Å². The van der Waals surface area contributed by atoms with E-state index in [-0.39, 0.29) is 12.3 Å². The van der Waals surface area contributed by atoms with Crippen LogP contribution in [0.15, 0.2) is 18.2 Å². The lowest BCUT2D eigenvalue weighted by atomic mass is 10.1. The van der Waals surface area contributed by atoms with Gasteiger partial charge in [-0.1, -0.05) is 25.3 Å². The van der Waals surface area contributed by atoms with Gasteiger partial charge in [-0.05, 0) is 55.4 Å². The number of carboxylic acid groups (broad SMARTS) is 1. The molecule has 1 aromatic rings. The summed E-state index contributed by atoms with van der Waals surface area (Å²) in [7, 11) is 0. The highest BCUT2D eigenvalue weighted by atomic mass is 16.4. The van der Waals surface area contributed by atoms with Crippen molar-refractivity contribution in [2.24, 2.45) is 0 Å². The van der Waals surface area contributed by atoms with Gasteiger partial charge >= 0.3 is 5.97 Å². The van der Waals surface area contributed by atoms with Crippen molar-refractivity contribution in [2.45, 2.75) is 57.8 Å². The van der Waals surface area contributed by atoms with Gasteiger partial charge in [-0.3, -0.25) is 9.59 Å². The monoisotopic (exact) mass is 303 g/mol. The number of aliphatic carboxylic acids is 1. The van der Waals surface area contributed by atoms with Crippen LogP contribution in [-0.4, -0.2) is 23.5 Å². The summed E-state index contributed by atoms with van der Waals surface area (Å²) in [6.07, 6.45) is 8.39. The Morgan fingerprint density at radius 3 is 2.55 bits per heavy atom. The van der Waals surface area contributed by atoms with Gasteiger partial charge in [0, 0.05) is 18.5 Å². The van der Waals surface area contributed by atoms with E-state index in [2.05, 4.69) is 11.4 Å². The summed E-state index contributed by atoms with van der Waals surface area (Å²) in [5.74, 6) is -0.706. The first-order valence-electron chi connectivity index (χ1n) is 8.28. The number of hydrogen-bond acceptors (Lipinski definition) is 2. The summed E-state index contributed by atoms with van der Waals surface area (Å²) in [5.41, 5.74) is 3.48. The predicted octanol–water partition coefficient (Wildman–Crippen LogP) is 3.33. The third-order valence-corrected chi connectivity index (χ3v) is 4.21. The Hall–Kier alpha value is -1.84. The average Bonchev–Trinajstić information content (AvgIpc) is 2.96. The lowest BCUT2D eigenvalue weighted by molar-refractivity contribution is -0.137.